The van der Waals surface area contributed by atoms with E-state index < -0.39 is 0 Å². The summed E-state index contributed by atoms with van der Waals surface area (Å²) in [6.45, 7) is 5.59. The predicted octanol–water partition coefficient (Wildman–Crippen LogP) is -0.0258. The molecule has 0 unspecified atom stereocenters. The number of nitrogens with two attached hydrogens (primary N) is 3. The lowest BCUT2D eigenvalue weighted by Gasteiger charge is -2.13. The molecule has 0 aliphatic rings. The van der Waals surface area contributed by atoms with Crippen LogP contribution in [0.4, 0.5) is 5.82 Å². The Hall–Kier alpha value is -2.79. The van der Waals surface area contributed by atoms with Crippen LogP contribution in [0, 0.1) is 0 Å². The van der Waals surface area contributed by atoms with Crippen molar-refractivity contribution in [2.45, 2.75) is 26.1 Å². The summed E-state index contributed by atoms with van der Waals surface area (Å²) in [5, 5.41) is 6.65. The van der Waals surface area contributed by atoms with E-state index in [1.54, 1.807) is 6.33 Å². The lowest BCUT2D eigenvalue weighted by molar-refractivity contribution is 0.301. The minimum atomic E-state index is 0.394. The third-order valence-corrected chi connectivity index (χ3v) is 4.57. The van der Waals surface area contributed by atoms with Gasteiger partial charge in [-0.3, -0.25) is 0 Å². The number of aryl methyl sites for hydroxylation is 1. The molecule has 0 bridgehead atoms. The fourth-order valence-corrected chi connectivity index (χ4v) is 3.17. The van der Waals surface area contributed by atoms with Crippen molar-refractivity contribution in [3.63, 3.8) is 0 Å². The number of hydrogen-bond acceptors (Lipinski definition) is 9. The van der Waals surface area contributed by atoms with E-state index in [-0.39, 0.29) is 0 Å². The molecule has 30 heavy (non-hydrogen) atoms. The van der Waals surface area contributed by atoms with Gasteiger partial charge in [0, 0.05) is 45.8 Å². The summed E-state index contributed by atoms with van der Waals surface area (Å²) in [6, 6.07) is 6.30. The second kappa shape index (κ2) is 11.4. The van der Waals surface area contributed by atoms with Gasteiger partial charge < -0.3 is 37.1 Å². The number of nitrogens with one attached hydrogen (secondary N) is 2. The third kappa shape index (κ3) is 6.10. The van der Waals surface area contributed by atoms with Crippen LogP contribution in [0.25, 0.3) is 11.2 Å². The van der Waals surface area contributed by atoms with Crippen LogP contribution in [0.5, 0.6) is 5.75 Å². The van der Waals surface area contributed by atoms with Crippen molar-refractivity contribution in [3.05, 3.63) is 42.0 Å². The number of rotatable bonds is 13. The van der Waals surface area contributed by atoms with Gasteiger partial charge in [0.05, 0.1) is 12.9 Å². The number of imidazole rings is 1. The minimum absolute atomic E-state index is 0.394. The quantitative estimate of drug-likeness (QED) is 0.243. The van der Waals surface area contributed by atoms with Gasteiger partial charge in [-0.1, -0.05) is 6.07 Å². The summed E-state index contributed by atoms with van der Waals surface area (Å²) in [6.07, 6.45) is 4.00. The summed E-state index contributed by atoms with van der Waals surface area (Å²) in [7, 11) is 0. The van der Waals surface area contributed by atoms with Crippen molar-refractivity contribution >= 4 is 17.0 Å². The molecule has 3 aromatic rings. The molecule has 0 saturated heterocycles. The Bertz CT molecular complexity index is 900. The summed E-state index contributed by atoms with van der Waals surface area (Å²) in [4.78, 5) is 12.5. The smallest absolute Gasteiger partial charge is 0.165 e. The Labute approximate surface area is 176 Å². The molecule has 2 aromatic heterocycles. The first-order chi connectivity index (χ1) is 14.7. The first-order valence-corrected chi connectivity index (χ1v) is 10.2. The fourth-order valence-electron chi connectivity index (χ4n) is 3.17. The standard InChI is InChI=1S/C20H31N9O/c21-2-4-24-11-15-8-16(12-25-5-3-22)10-17(9-15)30-7-1-6-29-14-28-18-19(23)26-13-27-20(18)29/h8-10,13-14,24-25H,1-7,11-12,21-22H2,(H2,23,26,27). The summed E-state index contributed by atoms with van der Waals surface area (Å²) in [5.74, 6) is 1.25. The highest BCUT2D eigenvalue weighted by atomic mass is 16.5. The molecule has 10 nitrogen and oxygen atoms in total. The Morgan fingerprint density at radius 1 is 0.933 bits per heavy atom. The van der Waals surface area contributed by atoms with Crippen LogP contribution in [0.3, 0.4) is 0 Å². The van der Waals surface area contributed by atoms with E-state index in [2.05, 4.69) is 43.8 Å². The first kappa shape index (κ1) is 21.9. The highest BCUT2D eigenvalue weighted by Crippen LogP contribution is 2.19. The number of ether oxygens (including phenoxy) is 1. The molecule has 162 valence electrons. The van der Waals surface area contributed by atoms with Crippen LogP contribution in [0.2, 0.25) is 0 Å². The van der Waals surface area contributed by atoms with Crippen LogP contribution >= 0.6 is 0 Å². The van der Waals surface area contributed by atoms with E-state index in [0.717, 1.165) is 50.5 Å². The Balaban J connectivity index is 1.57. The molecule has 0 spiro atoms. The van der Waals surface area contributed by atoms with Crippen LogP contribution < -0.4 is 32.6 Å². The fraction of sp³-hybridized carbons (Fsp3) is 0.450. The molecular formula is C20H31N9O. The zero-order valence-corrected chi connectivity index (χ0v) is 17.2. The molecule has 10 heteroatoms. The normalized spacial score (nSPS) is 11.3. The lowest BCUT2D eigenvalue weighted by Crippen LogP contribution is -2.23. The SMILES string of the molecule is NCCNCc1cc(CNCCN)cc(OCCCn2cnc3c(N)ncnc32)c1. The number of aromatic nitrogens is 4. The second-order valence-electron chi connectivity index (χ2n) is 6.99. The van der Waals surface area contributed by atoms with Gasteiger partial charge >= 0.3 is 0 Å². The molecule has 0 fully saturated rings. The Morgan fingerprint density at radius 2 is 1.63 bits per heavy atom. The Morgan fingerprint density at radius 3 is 2.30 bits per heavy atom. The Kier molecular flexibility index (Phi) is 8.33. The molecular weight excluding hydrogens is 382 g/mol. The first-order valence-electron chi connectivity index (χ1n) is 10.2. The van der Waals surface area contributed by atoms with Crippen molar-refractivity contribution in [3.8, 4) is 5.75 Å². The summed E-state index contributed by atoms with van der Waals surface area (Å²) in [5.41, 5.74) is 20.7. The van der Waals surface area contributed by atoms with Crippen LogP contribution in [-0.4, -0.2) is 52.3 Å². The topological polar surface area (TPSA) is 155 Å². The van der Waals surface area contributed by atoms with E-state index in [9.17, 15) is 0 Å². The van der Waals surface area contributed by atoms with Gasteiger partial charge in [0.25, 0.3) is 0 Å². The van der Waals surface area contributed by atoms with E-state index in [0.29, 0.717) is 31.0 Å². The second-order valence-corrected chi connectivity index (χ2v) is 6.99. The van der Waals surface area contributed by atoms with Crippen molar-refractivity contribution in [2.24, 2.45) is 11.5 Å². The third-order valence-electron chi connectivity index (χ3n) is 4.57. The van der Waals surface area contributed by atoms with Crippen molar-refractivity contribution in [2.75, 3.05) is 38.5 Å². The molecule has 8 N–H and O–H groups in total. The molecule has 3 rings (SSSR count). The molecule has 0 atom stereocenters. The predicted molar refractivity (Wildman–Crippen MR) is 118 cm³/mol. The molecule has 0 saturated carbocycles. The van der Waals surface area contributed by atoms with Gasteiger partial charge in [-0.25, -0.2) is 15.0 Å². The van der Waals surface area contributed by atoms with Crippen molar-refractivity contribution in [1.29, 1.82) is 0 Å². The minimum Gasteiger partial charge on any atom is -0.494 e. The van der Waals surface area contributed by atoms with Crippen LogP contribution in [0.1, 0.15) is 17.5 Å². The van der Waals surface area contributed by atoms with Gasteiger partial charge in [0.15, 0.2) is 11.5 Å². The maximum absolute atomic E-state index is 6.04. The van der Waals surface area contributed by atoms with Crippen molar-refractivity contribution < 1.29 is 4.74 Å². The number of anilines is 1. The number of nitrogen functional groups attached to an aromatic ring is 1. The summed E-state index contributed by atoms with van der Waals surface area (Å²) >= 11 is 0. The maximum Gasteiger partial charge on any atom is 0.165 e. The number of benzene rings is 1. The van der Waals surface area contributed by atoms with Crippen molar-refractivity contribution in [1.82, 2.24) is 30.2 Å². The number of hydrogen-bond donors (Lipinski definition) is 5. The van der Waals surface area contributed by atoms with Gasteiger partial charge in [-0.2, -0.15) is 0 Å². The molecule has 0 radical (unpaired) electrons. The van der Waals surface area contributed by atoms with E-state index in [1.807, 2.05) is 4.57 Å². The number of nitrogens with zero attached hydrogens (tertiary/aromatic N) is 4. The van der Waals surface area contributed by atoms with E-state index >= 15 is 0 Å². The average Bonchev–Trinajstić information content (AvgIpc) is 3.16. The molecule has 1 aromatic carbocycles. The highest BCUT2D eigenvalue weighted by Gasteiger charge is 2.08. The van der Waals surface area contributed by atoms with E-state index in [4.69, 9.17) is 21.9 Å². The monoisotopic (exact) mass is 413 g/mol. The zero-order valence-electron chi connectivity index (χ0n) is 17.2. The molecule has 0 aliphatic carbocycles. The largest absolute Gasteiger partial charge is 0.494 e. The maximum atomic E-state index is 6.04. The summed E-state index contributed by atoms with van der Waals surface area (Å²) < 4.78 is 8.00. The molecule has 0 aliphatic heterocycles. The number of fused-ring (bicyclic) bond motifs is 1. The van der Waals surface area contributed by atoms with Crippen LogP contribution in [-0.2, 0) is 19.6 Å². The van der Waals surface area contributed by atoms with Gasteiger partial charge in [-0.05, 0) is 29.7 Å². The van der Waals surface area contributed by atoms with Crippen LogP contribution in [0.15, 0.2) is 30.9 Å². The van der Waals surface area contributed by atoms with Gasteiger partial charge in [-0.15, -0.1) is 0 Å². The van der Waals surface area contributed by atoms with E-state index in [1.165, 1.54) is 17.5 Å². The highest BCUT2D eigenvalue weighted by molar-refractivity contribution is 5.81. The average molecular weight is 414 g/mol. The molecule has 2 heterocycles. The van der Waals surface area contributed by atoms with Gasteiger partial charge in [0.1, 0.15) is 17.6 Å². The zero-order chi connectivity index (χ0) is 21.2. The molecule has 0 amide bonds. The van der Waals surface area contributed by atoms with Gasteiger partial charge in [0.2, 0.25) is 0 Å². The lowest BCUT2D eigenvalue weighted by atomic mass is 10.1.